The third-order valence-electron chi connectivity index (χ3n) is 9.14. The number of alkyl halides is 5. The number of para-hydroxylation sites is 1. The van der Waals surface area contributed by atoms with Crippen LogP contribution < -0.4 is 15.9 Å². The van der Waals surface area contributed by atoms with E-state index < -0.39 is 75.9 Å². The molecule has 1 saturated carbocycles. The van der Waals surface area contributed by atoms with Crippen LogP contribution in [0.25, 0.3) is 32.4 Å². The average Bonchev–Trinajstić information content (AvgIpc) is 3.36. The first-order chi connectivity index (χ1) is 23.6. The Morgan fingerprint density at radius 2 is 1.88 bits per heavy atom. The molecule has 2 aromatic carbocycles. The zero-order valence-electron chi connectivity index (χ0n) is 25.6. The molecule has 2 aliphatic carbocycles. The second-order valence-corrected chi connectivity index (χ2v) is 13.4. The summed E-state index contributed by atoms with van der Waals surface area (Å²) in [6, 6.07) is 8.20. The zero-order valence-corrected chi connectivity index (χ0v) is 26.4. The van der Waals surface area contributed by atoms with E-state index in [9.17, 15) is 31.5 Å². The molecule has 1 fully saturated rings. The van der Waals surface area contributed by atoms with Gasteiger partial charge in [-0.25, -0.2) is 13.8 Å². The number of nitrogens with two attached hydrogens (primary N) is 1. The highest BCUT2D eigenvalue weighted by Crippen LogP contribution is 2.68. The Balaban J connectivity index is 1.26. The fourth-order valence-corrected chi connectivity index (χ4v) is 7.83. The van der Waals surface area contributed by atoms with Gasteiger partial charge in [-0.05, 0) is 48.6 Å². The Kier molecular flexibility index (Phi) is 6.95. The summed E-state index contributed by atoms with van der Waals surface area (Å²) >= 11 is 0.857. The number of rotatable bonds is 7. The van der Waals surface area contributed by atoms with Crippen LogP contribution in [0.15, 0.2) is 47.3 Å². The Morgan fingerprint density at radius 1 is 1.14 bits per heavy atom. The van der Waals surface area contributed by atoms with Gasteiger partial charge in [-0.2, -0.15) is 32.1 Å². The minimum absolute atomic E-state index is 0.0633. The summed E-state index contributed by atoms with van der Waals surface area (Å²) in [5.41, 5.74) is 4.79. The van der Waals surface area contributed by atoms with Crippen molar-refractivity contribution in [1.82, 2.24) is 34.8 Å². The molecule has 0 spiro atoms. The van der Waals surface area contributed by atoms with Gasteiger partial charge in [0.2, 0.25) is 5.91 Å². The molecule has 3 atom stereocenters. The molecule has 0 bridgehead atoms. The number of aryl methyl sites for hydroxylation is 1. The van der Waals surface area contributed by atoms with Crippen molar-refractivity contribution >= 4 is 44.3 Å². The number of carbonyl (C=O) groups is 1. The number of fused-ring (bicyclic) bond motifs is 5. The highest BCUT2D eigenvalue weighted by Gasteiger charge is 2.68. The van der Waals surface area contributed by atoms with Crippen molar-refractivity contribution < 1.29 is 35.5 Å². The lowest BCUT2D eigenvalue weighted by Gasteiger charge is -2.23. The van der Waals surface area contributed by atoms with Crippen LogP contribution in [0.3, 0.4) is 0 Å². The lowest BCUT2D eigenvalue weighted by molar-refractivity contribution is -0.142. The maximum Gasteiger partial charge on any atom is 0.435 e. The number of halogens is 7. The van der Waals surface area contributed by atoms with Crippen molar-refractivity contribution in [3.8, 4) is 11.1 Å². The number of hydrogen-bond donors (Lipinski definition) is 3. The number of benzene rings is 2. The fourth-order valence-electron chi connectivity index (χ4n) is 7.11. The van der Waals surface area contributed by atoms with E-state index >= 15 is 8.78 Å². The Morgan fingerprint density at radius 3 is 2.60 bits per heavy atom. The molecule has 18 heteroatoms. The summed E-state index contributed by atoms with van der Waals surface area (Å²) in [7, 11) is 1.65. The van der Waals surface area contributed by atoms with E-state index in [1.165, 1.54) is 4.68 Å². The maximum atomic E-state index is 15.2. The van der Waals surface area contributed by atoms with Gasteiger partial charge in [0.15, 0.2) is 17.2 Å². The van der Waals surface area contributed by atoms with E-state index in [1.54, 1.807) is 31.3 Å². The smallest absolute Gasteiger partial charge is 0.382 e. The van der Waals surface area contributed by atoms with E-state index in [0.717, 1.165) is 23.5 Å². The molecule has 0 saturated heterocycles. The number of nitrogen functional groups attached to an aromatic ring is 1. The van der Waals surface area contributed by atoms with Crippen molar-refractivity contribution in [2.24, 2.45) is 13.0 Å². The zero-order chi connectivity index (χ0) is 35.4. The van der Waals surface area contributed by atoms with Crippen LogP contribution in [0, 0.1) is 17.6 Å². The molecule has 6 aromatic rings. The van der Waals surface area contributed by atoms with Gasteiger partial charge in [-0.15, -0.1) is 0 Å². The van der Waals surface area contributed by atoms with Gasteiger partial charge in [0.05, 0.1) is 22.0 Å². The number of pyridine rings is 1. The molecular formula is C32H23F7N8O2S. The standard InChI is InChI=1S/C32H23F7N8O2S/c1-46-25-15(3-2-4-16(25)28(40)45-46)17-10-21-29(43-30(49)50-21)42-24(17)20(7-12-5-13(33)8-14(34)6-12)41-22(48)11-47-27-23(26(44-47)32(37,38)39)18-9-19(18)31(27,35)36/h2-6,8,10,18-20H,7,9,11H2,1H3,(H2,40,45)(H,41,48)(H,42,43,49)/t18-,19+,20-/m0/s1. The van der Waals surface area contributed by atoms with E-state index in [1.807, 2.05) is 0 Å². The molecule has 4 heterocycles. The second-order valence-electron chi connectivity index (χ2n) is 12.4. The van der Waals surface area contributed by atoms with E-state index in [-0.39, 0.29) is 35.6 Å². The third-order valence-corrected chi connectivity index (χ3v) is 9.96. The largest absolute Gasteiger partial charge is 0.435 e. The first-order valence-electron chi connectivity index (χ1n) is 15.2. The quantitative estimate of drug-likeness (QED) is 0.176. The molecule has 4 N–H and O–H groups in total. The lowest BCUT2D eigenvalue weighted by Crippen LogP contribution is -2.35. The highest BCUT2D eigenvalue weighted by molar-refractivity contribution is 7.16. The van der Waals surface area contributed by atoms with Crippen molar-refractivity contribution in [3.63, 3.8) is 0 Å². The van der Waals surface area contributed by atoms with Crippen LogP contribution >= 0.6 is 11.3 Å². The van der Waals surface area contributed by atoms with Gasteiger partial charge in [-0.3, -0.25) is 23.9 Å². The van der Waals surface area contributed by atoms with Crippen molar-refractivity contribution in [2.75, 3.05) is 5.73 Å². The van der Waals surface area contributed by atoms with Crippen LogP contribution in [0.5, 0.6) is 0 Å². The van der Waals surface area contributed by atoms with Gasteiger partial charge >= 0.3 is 11.0 Å². The number of amides is 1. The first kappa shape index (κ1) is 32.0. The number of carbonyl (C=O) groups excluding carboxylic acids is 1. The monoisotopic (exact) mass is 716 g/mol. The number of aromatic amines is 1. The van der Waals surface area contributed by atoms with Crippen LogP contribution in [0.4, 0.5) is 36.6 Å². The summed E-state index contributed by atoms with van der Waals surface area (Å²) in [6.07, 6.45) is -5.47. The van der Waals surface area contributed by atoms with E-state index in [0.29, 0.717) is 37.5 Å². The van der Waals surface area contributed by atoms with Gasteiger partial charge in [-0.1, -0.05) is 23.5 Å². The number of nitrogens with one attached hydrogen (secondary N) is 2. The molecule has 10 nitrogen and oxygen atoms in total. The molecule has 1 amide bonds. The molecule has 258 valence electrons. The molecule has 4 aromatic heterocycles. The number of anilines is 1. The summed E-state index contributed by atoms with van der Waals surface area (Å²) in [6.45, 7) is -1.03. The first-order valence-corrected chi connectivity index (χ1v) is 16.0. The number of hydrogen-bond acceptors (Lipinski definition) is 7. The molecule has 0 radical (unpaired) electrons. The predicted molar refractivity (Wildman–Crippen MR) is 167 cm³/mol. The lowest BCUT2D eigenvalue weighted by atomic mass is 9.94. The van der Waals surface area contributed by atoms with Gasteiger partial charge < -0.3 is 11.1 Å². The SMILES string of the molecule is Cn1nc(N)c2cccc(-c3cc4sc(=O)[nH]c4nc3[C@H](Cc3cc(F)cc(F)c3)NC(=O)Cn3nc(C(F)(F)F)c4c3C(F)(F)[C@@H]3C[C@H]43)c21. The topological polar surface area (TPSA) is 137 Å². The third kappa shape index (κ3) is 5.11. The molecule has 2 aliphatic rings. The molecule has 50 heavy (non-hydrogen) atoms. The molecule has 8 rings (SSSR count). The second kappa shape index (κ2) is 10.9. The van der Waals surface area contributed by atoms with Gasteiger partial charge in [0.25, 0.3) is 5.92 Å². The van der Waals surface area contributed by atoms with Gasteiger partial charge in [0, 0.05) is 41.1 Å². The van der Waals surface area contributed by atoms with Crippen LogP contribution in [-0.4, -0.2) is 35.4 Å². The van der Waals surface area contributed by atoms with E-state index in [2.05, 4.69) is 25.5 Å². The Labute approximate surface area is 279 Å². The van der Waals surface area contributed by atoms with Crippen molar-refractivity contribution in [1.29, 1.82) is 0 Å². The minimum Gasteiger partial charge on any atom is -0.382 e. The van der Waals surface area contributed by atoms with Crippen molar-refractivity contribution in [3.05, 3.63) is 92.0 Å². The minimum atomic E-state index is -5.04. The summed E-state index contributed by atoms with van der Waals surface area (Å²) < 4.78 is 103. The number of H-pyrrole nitrogens is 1. The number of thiazole rings is 1. The summed E-state index contributed by atoms with van der Waals surface area (Å²) in [5.74, 6) is -8.61. The fraction of sp³-hybridized carbons (Fsp3) is 0.281. The van der Waals surface area contributed by atoms with Crippen LogP contribution in [0.1, 0.15) is 46.6 Å². The summed E-state index contributed by atoms with van der Waals surface area (Å²) in [4.78, 5) is 32.9. The molecule has 0 unspecified atom stereocenters. The highest BCUT2D eigenvalue weighted by atomic mass is 32.1. The van der Waals surface area contributed by atoms with Gasteiger partial charge in [0.1, 0.15) is 23.9 Å². The summed E-state index contributed by atoms with van der Waals surface area (Å²) in [5, 5.41) is 10.9. The van der Waals surface area contributed by atoms with Crippen LogP contribution in [-0.2, 0) is 36.9 Å². The predicted octanol–water partition coefficient (Wildman–Crippen LogP) is 5.92. The molecule has 0 aliphatic heterocycles. The molecular weight excluding hydrogens is 693 g/mol. The maximum absolute atomic E-state index is 15.2. The number of aromatic nitrogens is 6. The average molecular weight is 717 g/mol. The van der Waals surface area contributed by atoms with Crippen LogP contribution in [0.2, 0.25) is 0 Å². The normalized spacial score (nSPS) is 18.4. The van der Waals surface area contributed by atoms with Crippen molar-refractivity contribution in [2.45, 2.75) is 43.4 Å². The Bertz CT molecular complexity index is 2430. The van der Waals surface area contributed by atoms with E-state index in [4.69, 9.17) is 5.73 Å². The number of nitrogens with zero attached hydrogens (tertiary/aromatic N) is 5. The Hall–Kier alpha value is -5.26.